The number of esters is 1. The number of nitrogens with one attached hydrogen (secondary N) is 1. The molecule has 28 heavy (non-hydrogen) atoms. The quantitative estimate of drug-likeness (QED) is 0.671. The summed E-state index contributed by atoms with van der Waals surface area (Å²) in [7, 11) is 1.56. The van der Waals surface area contributed by atoms with Gasteiger partial charge in [-0.3, -0.25) is 9.59 Å². The van der Waals surface area contributed by atoms with Crippen LogP contribution in [0.2, 0.25) is 5.02 Å². The summed E-state index contributed by atoms with van der Waals surface area (Å²) in [6.07, 6.45) is 0. The SMILES string of the molecule is COc1ccc(OCc2c(Cl)cc(F)cc2C(COC(C)=O)NC(C)=O)cc1. The number of amides is 1. The van der Waals surface area contributed by atoms with E-state index >= 15 is 0 Å². The zero-order chi connectivity index (χ0) is 20.7. The Balaban J connectivity index is 2.30. The lowest BCUT2D eigenvalue weighted by Gasteiger charge is -2.22. The molecule has 1 atom stereocenters. The van der Waals surface area contributed by atoms with E-state index in [0.29, 0.717) is 22.6 Å². The Bertz CT molecular complexity index is 841. The summed E-state index contributed by atoms with van der Waals surface area (Å²) in [5, 5.41) is 2.79. The van der Waals surface area contributed by atoms with Gasteiger partial charge in [-0.25, -0.2) is 4.39 Å². The van der Waals surface area contributed by atoms with Gasteiger partial charge in [-0.15, -0.1) is 0 Å². The summed E-state index contributed by atoms with van der Waals surface area (Å²) < 4.78 is 29.8. The molecule has 150 valence electrons. The zero-order valence-electron chi connectivity index (χ0n) is 15.8. The van der Waals surface area contributed by atoms with Crippen LogP contribution in [0.5, 0.6) is 11.5 Å². The van der Waals surface area contributed by atoms with Crippen molar-refractivity contribution in [1.82, 2.24) is 5.32 Å². The van der Waals surface area contributed by atoms with Crippen LogP contribution in [0.3, 0.4) is 0 Å². The first-order valence-electron chi connectivity index (χ1n) is 8.45. The number of halogens is 2. The van der Waals surface area contributed by atoms with Crippen molar-refractivity contribution in [3.63, 3.8) is 0 Å². The van der Waals surface area contributed by atoms with E-state index in [1.807, 2.05) is 0 Å². The Hall–Kier alpha value is -2.80. The summed E-state index contributed by atoms with van der Waals surface area (Å²) in [4.78, 5) is 22.7. The average Bonchev–Trinajstić information content (AvgIpc) is 2.64. The molecule has 1 unspecified atom stereocenters. The summed E-state index contributed by atoms with van der Waals surface area (Å²) >= 11 is 6.23. The Morgan fingerprint density at radius 1 is 1.14 bits per heavy atom. The summed E-state index contributed by atoms with van der Waals surface area (Å²) in [6.45, 7) is 2.42. The molecule has 0 fully saturated rings. The number of hydrogen-bond acceptors (Lipinski definition) is 5. The highest BCUT2D eigenvalue weighted by atomic mass is 35.5. The van der Waals surface area contributed by atoms with E-state index in [4.69, 9.17) is 25.8 Å². The summed E-state index contributed by atoms with van der Waals surface area (Å²) in [5.41, 5.74) is 0.847. The molecule has 1 N–H and O–H groups in total. The van der Waals surface area contributed by atoms with Crippen LogP contribution in [-0.4, -0.2) is 25.6 Å². The second-order valence-corrected chi connectivity index (χ2v) is 6.38. The van der Waals surface area contributed by atoms with Crippen LogP contribution >= 0.6 is 11.6 Å². The summed E-state index contributed by atoms with van der Waals surface area (Å²) in [6, 6.07) is 8.55. The van der Waals surface area contributed by atoms with E-state index in [9.17, 15) is 14.0 Å². The number of rotatable bonds is 8. The minimum atomic E-state index is -0.774. The maximum atomic E-state index is 14.0. The third kappa shape index (κ3) is 6.13. The maximum Gasteiger partial charge on any atom is 0.302 e. The lowest BCUT2D eigenvalue weighted by molar-refractivity contribution is -0.142. The molecule has 0 aliphatic carbocycles. The first-order chi connectivity index (χ1) is 13.3. The van der Waals surface area contributed by atoms with Gasteiger partial charge in [0.15, 0.2) is 0 Å². The van der Waals surface area contributed by atoms with E-state index in [2.05, 4.69) is 5.32 Å². The Labute approximate surface area is 167 Å². The highest BCUT2D eigenvalue weighted by molar-refractivity contribution is 6.31. The molecule has 2 rings (SSSR count). The third-order valence-electron chi connectivity index (χ3n) is 3.84. The van der Waals surface area contributed by atoms with Crippen LogP contribution in [-0.2, 0) is 20.9 Å². The fourth-order valence-electron chi connectivity index (χ4n) is 2.57. The van der Waals surface area contributed by atoms with E-state index in [1.165, 1.54) is 19.9 Å². The molecule has 2 aromatic carbocycles. The van der Waals surface area contributed by atoms with E-state index in [-0.39, 0.29) is 24.1 Å². The number of methoxy groups -OCH3 is 1. The van der Waals surface area contributed by atoms with Gasteiger partial charge in [0.1, 0.15) is 30.5 Å². The van der Waals surface area contributed by atoms with Crippen LogP contribution in [0.4, 0.5) is 4.39 Å². The first-order valence-corrected chi connectivity index (χ1v) is 8.83. The Morgan fingerprint density at radius 3 is 2.36 bits per heavy atom. The highest BCUT2D eigenvalue weighted by Gasteiger charge is 2.21. The van der Waals surface area contributed by atoms with Gasteiger partial charge in [0.25, 0.3) is 0 Å². The van der Waals surface area contributed by atoms with Gasteiger partial charge in [0.05, 0.1) is 18.2 Å². The topological polar surface area (TPSA) is 73.9 Å². The minimum Gasteiger partial charge on any atom is -0.497 e. The molecule has 0 bridgehead atoms. The van der Waals surface area contributed by atoms with Crippen LogP contribution < -0.4 is 14.8 Å². The molecule has 0 aromatic heterocycles. The van der Waals surface area contributed by atoms with Gasteiger partial charge in [0.2, 0.25) is 5.91 Å². The number of benzene rings is 2. The van der Waals surface area contributed by atoms with Crippen LogP contribution in [0.15, 0.2) is 36.4 Å². The third-order valence-corrected chi connectivity index (χ3v) is 4.18. The molecular weight excluding hydrogens is 389 g/mol. The fourth-order valence-corrected chi connectivity index (χ4v) is 2.84. The van der Waals surface area contributed by atoms with E-state index in [0.717, 1.165) is 6.07 Å². The molecule has 0 saturated heterocycles. The molecule has 6 nitrogen and oxygen atoms in total. The molecule has 0 radical (unpaired) electrons. The van der Waals surface area contributed by atoms with Gasteiger partial charge in [-0.05, 0) is 42.0 Å². The van der Waals surface area contributed by atoms with Crippen molar-refractivity contribution in [2.24, 2.45) is 0 Å². The molecule has 8 heteroatoms. The van der Waals surface area contributed by atoms with Crippen LogP contribution in [0.1, 0.15) is 31.0 Å². The van der Waals surface area contributed by atoms with Crippen molar-refractivity contribution >= 4 is 23.5 Å². The zero-order valence-corrected chi connectivity index (χ0v) is 16.5. The number of hydrogen-bond donors (Lipinski definition) is 1. The van der Waals surface area contributed by atoms with Crippen molar-refractivity contribution in [3.8, 4) is 11.5 Å². The average molecular weight is 410 g/mol. The molecule has 2 aromatic rings. The second-order valence-electron chi connectivity index (χ2n) is 5.98. The molecule has 0 spiro atoms. The molecule has 0 aliphatic rings. The van der Waals surface area contributed by atoms with E-state index in [1.54, 1.807) is 31.4 Å². The van der Waals surface area contributed by atoms with Crippen molar-refractivity contribution in [1.29, 1.82) is 0 Å². The van der Waals surface area contributed by atoms with Gasteiger partial charge < -0.3 is 19.5 Å². The predicted octanol–water partition coefficient (Wildman–Crippen LogP) is 3.81. The number of carbonyl (C=O) groups is 2. The smallest absolute Gasteiger partial charge is 0.302 e. The largest absolute Gasteiger partial charge is 0.497 e. The van der Waals surface area contributed by atoms with E-state index < -0.39 is 17.8 Å². The van der Waals surface area contributed by atoms with Gasteiger partial charge in [-0.1, -0.05) is 11.6 Å². The normalized spacial score (nSPS) is 11.5. The fraction of sp³-hybridized carbons (Fsp3) is 0.300. The van der Waals surface area contributed by atoms with Crippen molar-refractivity contribution in [3.05, 3.63) is 58.4 Å². The molecule has 0 heterocycles. The van der Waals surface area contributed by atoms with Gasteiger partial charge >= 0.3 is 5.97 Å². The standard InChI is InChI=1S/C20H21ClFNO5/c1-12(24)23-20(11-27-13(2)25)17-8-14(22)9-19(21)18(17)10-28-16-6-4-15(26-3)5-7-16/h4-9,20H,10-11H2,1-3H3,(H,23,24). The van der Waals surface area contributed by atoms with Gasteiger partial charge in [-0.2, -0.15) is 0 Å². The van der Waals surface area contributed by atoms with Crippen molar-refractivity contribution in [2.75, 3.05) is 13.7 Å². The lowest BCUT2D eigenvalue weighted by Crippen LogP contribution is -2.31. The van der Waals surface area contributed by atoms with Crippen molar-refractivity contribution in [2.45, 2.75) is 26.5 Å². The molecule has 0 saturated carbocycles. The Morgan fingerprint density at radius 2 is 1.79 bits per heavy atom. The van der Waals surface area contributed by atoms with Gasteiger partial charge in [0, 0.05) is 19.4 Å². The van der Waals surface area contributed by atoms with Crippen LogP contribution in [0.25, 0.3) is 0 Å². The molecule has 0 aliphatic heterocycles. The van der Waals surface area contributed by atoms with Crippen LogP contribution in [0, 0.1) is 5.82 Å². The summed E-state index contributed by atoms with van der Waals surface area (Å²) in [5.74, 6) is -0.219. The molecule has 1 amide bonds. The number of carbonyl (C=O) groups excluding carboxylic acids is 2. The minimum absolute atomic E-state index is 0.0247. The predicted molar refractivity (Wildman–Crippen MR) is 102 cm³/mol. The van der Waals surface area contributed by atoms with Crippen molar-refractivity contribution < 1.29 is 28.2 Å². The Kier molecular flexibility index (Phi) is 7.63. The first kappa shape index (κ1) is 21.5. The monoisotopic (exact) mass is 409 g/mol. The molecular formula is C20H21ClFNO5. The lowest BCUT2D eigenvalue weighted by atomic mass is 10.0. The second kappa shape index (κ2) is 9.94. The number of ether oxygens (including phenoxy) is 3. The maximum absolute atomic E-state index is 14.0. The highest BCUT2D eigenvalue weighted by Crippen LogP contribution is 2.29.